The molecule has 1 fully saturated rings. The zero-order valence-corrected chi connectivity index (χ0v) is 19.2. The van der Waals surface area contributed by atoms with Gasteiger partial charge in [-0.25, -0.2) is 8.42 Å². The number of hydrogen-bond donors (Lipinski definition) is 2. The Kier molecular flexibility index (Phi) is 6.82. The fraction of sp³-hybridized carbons (Fsp3) is 0.333. The van der Waals surface area contributed by atoms with E-state index in [1.54, 1.807) is 41.3 Å². The van der Waals surface area contributed by atoms with Crippen molar-refractivity contribution >= 4 is 43.5 Å². The summed E-state index contributed by atoms with van der Waals surface area (Å²) in [7, 11) is -3.73. The number of nitrogens with zero attached hydrogens (tertiary/aromatic N) is 1. The second-order valence-corrected chi connectivity index (χ2v) is 10.1. The van der Waals surface area contributed by atoms with E-state index in [1.807, 2.05) is 13.8 Å². The lowest BCUT2D eigenvalue weighted by molar-refractivity contribution is -0.125. The van der Waals surface area contributed by atoms with Crippen LogP contribution in [0.1, 0.15) is 37.0 Å². The van der Waals surface area contributed by atoms with E-state index in [9.17, 15) is 18.0 Å². The maximum atomic E-state index is 12.9. The molecule has 30 heavy (non-hydrogen) atoms. The third kappa shape index (κ3) is 5.20. The normalized spacial score (nSPS) is 16.5. The standard InChI is InChI=1S/C21H24BrN3O4S/c1-14(2)23-20(26)19-4-3-13-25(19)21(27)15-5-9-17(10-6-15)24-30(28,29)18-11-7-16(22)8-12-18/h5-12,14,19,24H,3-4,13H2,1-2H3,(H,23,26). The highest BCUT2D eigenvalue weighted by Gasteiger charge is 2.34. The highest BCUT2D eigenvalue weighted by Crippen LogP contribution is 2.23. The molecule has 2 amide bonds. The SMILES string of the molecule is CC(C)NC(=O)C1CCCN1C(=O)c1ccc(NS(=O)(=O)c2ccc(Br)cc2)cc1. The lowest BCUT2D eigenvalue weighted by atomic mass is 10.1. The molecule has 0 radical (unpaired) electrons. The van der Waals surface area contributed by atoms with Gasteiger partial charge in [0, 0.05) is 28.3 Å². The number of hydrogen-bond acceptors (Lipinski definition) is 4. The molecule has 0 aliphatic carbocycles. The number of carbonyl (C=O) groups excluding carboxylic acids is 2. The zero-order valence-electron chi connectivity index (χ0n) is 16.8. The van der Waals surface area contributed by atoms with Gasteiger partial charge in [0.15, 0.2) is 0 Å². The summed E-state index contributed by atoms with van der Waals surface area (Å²) in [5.74, 6) is -0.381. The summed E-state index contributed by atoms with van der Waals surface area (Å²) in [5.41, 5.74) is 0.760. The molecule has 9 heteroatoms. The Morgan fingerprint density at radius 1 is 1.07 bits per heavy atom. The molecule has 160 valence electrons. The quantitative estimate of drug-likeness (QED) is 0.644. The summed E-state index contributed by atoms with van der Waals surface area (Å²) in [6, 6.07) is 12.1. The van der Waals surface area contributed by atoms with Crippen LogP contribution in [0.25, 0.3) is 0 Å². The number of carbonyl (C=O) groups is 2. The van der Waals surface area contributed by atoms with Gasteiger partial charge in [-0.05, 0) is 75.2 Å². The number of halogens is 1. The maximum absolute atomic E-state index is 12.9. The Bertz CT molecular complexity index is 1020. The zero-order chi connectivity index (χ0) is 21.9. The number of amides is 2. The van der Waals surface area contributed by atoms with Gasteiger partial charge in [0.05, 0.1) is 4.90 Å². The van der Waals surface area contributed by atoms with Crippen LogP contribution in [0.15, 0.2) is 57.9 Å². The highest BCUT2D eigenvalue weighted by molar-refractivity contribution is 9.10. The van der Waals surface area contributed by atoms with Crippen molar-refractivity contribution in [2.24, 2.45) is 0 Å². The van der Waals surface area contributed by atoms with Crippen LogP contribution in [-0.4, -0.2) is 43.8 Å². The van der Waals surface area contributed by atoms with Crippen LogP contribution < -0.4 is 10.0 Å². The van der Waals surface area contributed by atoms with Gasteiger partial charge in [0.2, 0.25) is 5.91 Å². The molecular weight excluding hydrogens is 470 g/mol. The number of nitrogens with one attached hydrogen (secondary N) is 2. The van der Waals surface area contributed by atoms with Crippen LogP contribution in [0.5, 0.6) is 0 Å². The fourth-order valence-corrected chi connectivity index (χ4v) is 4.66. The monoisotopic (exact) mass is 493 g/mol. The Balaban J connectivity index is 1.71. The molecule has 2 aromatic carbocycles. The van der Waals surface area contributed by atoms with Crippen molar-refractivity contribution in [3.63, 3.8) is 0 Å². The summed E-state index contributed by atoms with van der Waals surface area (Å²) < 4.78 is 28.3. The smallest absolute Gasteiger partial charge is 0.261 e. The van der Waals surface area contributed by atoms with Gasteiger partial charge >= 0.3 is 0 Å². The first-order valence-corrected chi connectivity index (χ1v) is 11.9. The Labute approximate surface area is 185 Å². The summed E-state index contributed by atoms with van der Waals surface area (Å²) in [6.07, 6.45) is 1.41. The minimum absolute atomic E-state index is 0.00749. The van der Waals surface area contributed by atoms with E-state index in [0.29, 0.717) is 24.2 Å². The Morgan fingerprint density at radius 3 is 2.30 bits per heavy atom. The van der Waals surface area contributed by atoms with Crippen LogP contribution in [0.4, 0.5) is 5.69 Å². The van der Waals surface area contributed by atoms with Gasteiger partial charge < -0.3 is 10.2 Å². The second kappa shape index (κ2) is 9.18. The third-order valence-corrected chi connectivity index (χ3v) is 6.68. The lowest BCUT2D eigenvalue weighted by Crippen LogP contribution is -2.47. The van der Waals surface area contributed by atoms with Crippen molar-refractivity contribution in [3.8, 4) is 0 Å². The first-order chi connectivity index (χ1) is 14.2. The molecule has 7 nitrogen and oxygen atoms in total. The predicted molar refractivity (Wildman–Crippen MR) is 119 cm³/mol. The van der Waals surface area contributed by atoms with E-state index in [0.717, 1.165) is 10.9 Å². The summed E-state index contributed by atoms with van der Waals surface area (Å²) in [6.45, 7) is 4.28. The molecule has 1 atom stereocenters. The van der Waals surface area contributed by atoms with Gasteiger partial charge in [0.25, 0.3) is 15.9 Å². The first-order valence-electron chi connectivity index (χ1n) is 9.67. The second-order valence-electron chi connectivity index (χ2n) is 7.46. The van der Waals surface area contributed by atoms with Gasteiger partial charge in [0.1, 0.15) is 6.04 Å². The van der Waals surface area contributed by atoms with Crippen LogP contribution in [0, 0.1) is 0 Å². The number of rotatable bonds is 6. The van der Waals surface area contributed by atoms with E-state index in [-0.39, 0.29) is 22.8 Å². The molecule has 1 saturated heterocycles. The van der Waals surface area contributed by atoms with Gasteiger partial charge in [-0.3, -0.25) is 14.3 Å². The highest BCUT2D eigenvalue weighted by atomic mass is 79.9. The van der Waals surface area contributed by atoms with Crippen LogP contribution in [0.3, 0.4) is 0 Å². The van der Waals surface area contributed by atoms with Crippen LogP contribution in [-0.2, 0) is 14.8 Å². The van der Waals surface area contributed by atoms with Crippen molar-refractivity contribution in [2.75, 3.05) is 11.3 Å². The summed E-state index contributed by atoms with van der Waals surface area (Å²) >= 11 is 3.28. The predicted octanol–water partition coefficient (Wildman–Crippen LogP) is 3.38. The molecule has 3 rings (SSSR count). The van der Waals surface area contributed by atoms with Crippen LogP contribution in [0.2, 0.25) is 0 Å². The third-order valence-electron chi connectivity index (χ3n) is 4.76. The minimum atomic E-state index is -3.73. The molecule has 2 aromatic rings. The largest absolute Gasteiger partial charge is 0.352 e. The Morgan fingerprint density at radius 2 is 1.70 bits per heavy atom. The van der Waals surface area contributed by atoms with Crippen molar-refractivity contribution in [2.45, 2.75) is 43.7 Å². The van der Waals surface area contributed by atoms with Crippen molar-refractivity contribution < 1.29 is 18.0 Å². The molecule has 0 saturated carbocycles. The van der Waals surface area contributed by atoms with Crippen molar-refractivity contribution in [3.05, 3.63) is 58.6 Å². The summed E-state index contributed by atoms with van der Waals surface area (Å²) in [4.78, 5) is 27.0. The molecule has 0 spiro atoms. The van der Waals surface area contributed by atoms with E-state index in [4.69, 9.17) is 0 Å². The van der Waals surface area contributed by atoms with Crippen molar-refractivity contribution in [1.29, 1.82) is 0 Å². The van der Waals surface area contributed by atoms with Gasteiger partial charge in [-0.2, -0.15) is 0 Å². The van der Waals surface area contributed by atoms with E-state index in [1.165, 1.54) is 12.1 Å². The average molecular weight is 494 g/mol. The van der Waals surface area contributed by atoms with Gasteiger partial charge in [-0.15, -0.1) is 0 Å². The van der Waals surface area contributed by atoms with E-state index >= 15 is 0 Å². The van der Waals surface area contributed by atoms with Gasteiger partial charge in [-0.1, -0.05) is 15.9 Å². The van der Waals surface area contributed by atoms with Crippen LogP contribution >= 0.6 is 15.9 Å². The molecule has 2 N–H and O–H groups in total. The van der Waals surface area contributed by atoms with E-state index < -0.39 is 16.1 Å². The Hall–Kier alpha value is -2.39. The number of anilines is 1. The fourth-order valence-electron chi connectivity index (χ4n) is 3.34. The molecule has 1 heterocycles. The number of benzene rings is 2. The molecule has 1 unspecified atom stereocenters. The molecular formula is C21H24BrN3O4S. The van der Waals surface area contributed by atoms with E-state index in [2.05, 4.69) is 26.0 Å². The molecule has 1 aliphatic rings. The van der Waals surface area contributed by atoms with Crippen molar-refractivity contribution in [1.82, 2.24) is 10.2 Å². The molecule has 0 aromatic heterocycles. The average Bonchev–Trinajstić information content (AvgIpc) is 3.17. The lowest BCUT2D eigenvalue weighted by Gasteiger charge is -2.25. The molecule has 0 bridgehead atoms. The number of likely N-dealkylation sites (tertiary alicyclic amines) is 1. The minimum Gasteiger partial charge on any atom is -0.352 e. The number of sulfonamides is 1. The first kappa shape index (κ1) is 22.3. The molecule has 1 aliphatic heterocycles. The maximum Gasteiger partial charge on any atom is 0.261 e. The topological polar surface area (TPSA) is 95.6 Å². The summed E-state index contributed by atoms with van der Waals surface area (Å²) in [5, 5.41) is 2.86.